The van der Waals surface area contributed by atoms with Gasteiger partial charge in [-0.1, -0.05) is 110 Å². The van der Waals surface area contributed by atoms with Gasteiger partial charge in [0.2, 0.25) is 0 Å². The maximum atomic E-state index is 2.60. The lowest BCUT2D eigenvalue weighted by Gasteiger charge is -2.30. The molecule has 0 aliphatic carbocycles. The highest BCUT2D eigenvalue weighted by molar-refractivity contribution is 4.95. The van der Waals surface area contributed by atoms with Crippen LogP contribution in [0.3, 0.4) is 0 Å². The molecule has 1 aliphatic rings. The average molecular weight is 379 g/mol. The largest absolute Gasteiger partial charge is 0.359 e. The summed E-state index contributed by atoms with van der Waals surface area (Å²) in [7, 11) is 2.25. The zero-order valence-corrected chi connectivity index (χ0v) is 19.1. The highest BCUT2D eigenvalue weighted by Crippen LogP contribution is 2.21. The smallest absolute Gasteiger partial charge is 0.100 e. The van der Waals surface area contributed by atoms with Gasteiger partial charge in [-0.05, 0) is 19.3 Å². The molecule has 1 rings (SSSR count). The monoisotopic (exact) mass is 378 g/mol. The van der Waals surface area contributed by atoms with Gasteiger partial charge < -0.3 is 9.80 Å². The molecule has 1 aliphatic heterocycles. The Kier molecular flexibility index (Phi) is 15.7. The summed E-state index contributed by atoms with van der Waals surface area (Å²) in [4.78, 5) is 5.03. The van der Waals surface area contributed by atoms with E-state index in [2.05, 4.69) is 43.1 Å². The number of hydrogen-bond donors (Lipinski definition) is 0. The molecular weight excluding hydrogens is 328 g/mol. The first-order valence-electron chi connectivity index (χ1n) is 12.5. The van der Waals surface area contributed by atoms with Gasteiger partial charge in [-0.2, -0.15) is 0 Å². The van der Waals surface area contributed by atoms with Crippen molar-refractivity contribution in [1.29, 1.82) is 0 Å². The van der Waals surface area contributed by atoms with Gasteiger partial charge in [-0.25, -0.2) is 0 Å². The molecule has 0 radical (unpaired) electrons. The average Bonchev–Trinajstić information content (AvgIpc) is 3.02. The van der Waals surface area contributed by atoms with E-state index in [1.807, 2.05) is 0 Å². The fourth-order valence-corrected chi connectivity index (χ4v) is 4.28. The zero-order valence-electron chi connectivity index (χ0n) is 19.1. The van der Waals surface area contributed by atoms with Crippen LogP contribution < -0.4 is 0 Å². The van der Waals surface area contributed by atoms with Gasteiger partial charge >= 0.3 is 0 Å². The summed E-state index contributed by atoms with van der Waals surface area (Å²) >= 11 is 0. The second-order valence-corrected chi connectivity index (χ2v) is 8.77. The van der Waals surface area contributed by atoms with Gasteiger partial charge in [0.25, 0.3) is 0 Å². The van der Waals surface area contributed by atoms with Crippen LogP contribution in [0, 0.1) is 0 Å². The fraction of sp³-hybridized carbons (Fsp3) is 0.920. The summed E-state index contributed by atoms with van der Waals surface area (Å²) in [6.45, 7) is 5.84. The number of rotatable bonds is 19. The molecule has 0 bridgehead atoms. The first-order chi connectivity index (χ1) is 13.3. The van der Waals surface area contributed by atoms with Crippen LogP contribution in [0.5, 0.6) is 0 Å². The van der Waals surface area contributed by atoms with E-state index in [1.165, 1.54) is 122 Å². The van der Waals surface area contributed by atoms with Crippen LogP contribution in [0.15, 0.2) is 12.4 Å². The van der Waals surface area contributed by atoms with Crippen LogP contribution in [0.4, 0.5) is 0 Å². The van der Waals surface area contributed by atoms with Gasteiger partial charge in [0.1, 0.15) is 6.17 Å². The molecule has 1 unspecified atom stereocenters. The molecule has 0 amide bonds. The van der Waals surface area contributed by atoms with Crippen LogP contribution in [0.2, 0.25) is 0 Å². The summed E-state index contributed by atoms with van der Waals surface area (Å²) in [6.07, 6.45) is 30.7. The summed E-state index contributed by atoms with van der Waals surface area (Å²) in [5, 5.41) is 0. The second-order valence-electron chi connectivity index (χ2n) is 8.77. The van der Waals surface area contributed by atoms with Crippen molar-refractivity contribution in [3.05, 3.63) is 12.4 Å². The van der Waals surface area contributed by atoms with Crippen LogP contribution in [-0.2, 0) is 0 Å². The third-order valence-electron chi connectivity index (χ3n) is 6.18. The molecule has 1 atom stereocenters. The molecule has 1 heterocycles. The first-order valence-corrected chi connectivity index (χ1v) is 12.5. The second kappa shape index (κ2) is 17.4. The molecule has 0 aromatic carbocycles. The topological polar surface area (TPSA) is 6.48 Å². The predicted molar refractivity (Wildman–Crippen MR) is 122 cm³/mol. The van der Waals surface area contributed by atoms with E-state index in [1.54, 1.807) is 0 Å². The van der Waals surface area contributed by atoms with Gasteiger partial charge in [0.05, 0.1) is 0 Å². The fourth-order valence-electron chi connectivity index (χ4n) is 4.28. The highest BCUT2D eigenvalue weighted by Gasteiger charge is 2.22. The SMILES string of the molecule is CCCCCCCCCCCC1N(C)C=CN1CCCCCCCCCC. The Morgan fingerprint density at radius 2 is 1.00 bits per heavy atom. The number of hydrogen-bond acceptors (Lipinski definition) is 2. The van der Waals surface area contributed by atoms with E-state index in [0.717, 1.165) is 0 Å². The number of unbranched alkanes of at least 4 members (excludes halogenated alkanes) is 15. The lowest BCUT2D eigenvalue weighted by Crippen LogP contribution is -2.37. The Morgan fingerprint density at radius 3 is 1.52 bits per heavy atom. The minimum Gasteiger partial charge on any atom is -0.359 e. The summed E-state index contributed by atoms with van der Waals surface area (Å²) in [5.41, 5.74) is 0. The maximum absolute atomic E-state index is 2.60. The van der Waals surface area contributed by atoms with Crippen molar-refractivity contribution in [3.63, 3.8) is 0 Å². The van der Waals surface area contributed by atoms with Crippen LogP contribution in [0.1, 0.15) is 129 Å². The van der Waals surface area contributed by atoms with Crippen molar-refractivity contribution in [3.8, 4) is 0 Å². The molecule has 0 saturated heterocycles. The Hall–Kier alpha value is -0.660. The zero-order chi connectivity index (χ0) is 19.6. The Labute approximate surface area is 171 Å². The number of nitrogens with zero attached hydrogens (tertiary/aromatic N) is 2. The predicted octanol–water partition coefficient (Wildman–Crippen LogP) is 8.09. The lowest BCUT2D eigenvalue weighted by atomic mass is 10.1. The van der Waals surface area contributed by atoms with Gasteiger partial charge in [0.15, 0.2) is 0 Å². The molecule has 0 fully saturated rings. The minimum atomic E-state index is 0.624. The third kappa shape index (κ3) is 12.4. The van der Waals surface area contributed by atoms with E-state index >= 15 is 0 Å². The van der Waals surface area contributed by atoms with Crippen molar-refractivity contribution in [2.24, 2.45) is 0 Å². The summed E-state index contributed by atoms with van der Waals surface area (Å²) < 4.78 is 0. The summed E-state index contributed by atoms with van der Waals surface area (Å²) in [5.74, 6) is 0. The van der Waals surface area contributed by atoms with Gasteiger partial charge in [-0.3, -0.25) is 0 Å². The molecule has 27 heavy (non-hydrogen) atoms. The molecule has 0 spiro atoms. The maximum Gasteiger partial charge on any atom is 0.100 e. The van der Waals surface area contributed by atoms with Crippen LogP contribution >= 0.6 is 0 Å². The first kappa shape index (κ1) is 24.4. The van der Waals surface area contributed by atoms with E-state index in [0.29, 0.717) is 6.17 Å². The van der Waals surface area contributed by atoms with E-state index < -0.39 is 0 Å². The van der Waals surface area contributed by atoms with Gasteiger partial charge in [0, 0.05) is 26.0 Å². The van der Waals surface area contributed by atoms with E-state index in [-0.39, 0.29) is 0 Å². The third-order valence-corrected chi connectivity index (χ3v) is 6.18. The Balaban J connectivity index is 2.00. The summed E-state index contributed by atoms with van der Waals surface area (Å²) in [6, 6.07) is 0. The molecule has 0 saturated carbocycles. The van der Waals surface area contributed by atoms with E-state index in [9.17, 15) is 0 Å². The van der Waals surface area contributed by atoms with Crippen molar-refractivity contribution in [1.82, 2.24) is 9.80 Å². The minimum absolute atomic E-state index is 0.624. The standard InChI is InChI=1S/C25H50N2/c1-4-6-8-10-12-14-15-17-19-21-25-26(3)23-24-27(25)22-20-18-16-13-11-9-7-5-2/h23-25H,4-22H2,1-3H3. The molecular formula is C25H50N2. The molecule has 0 aromatic heterocycles. The molecule has 2 heteroatoms. The van der Waals surface area contributed by atoms with Gasteiger partial charge in [-0.15, -0.1) is 0 Å². The normalized spacial score (nSPS) is 16.6. The molecule has 0 N–H and O–H groups in total. The Bertz CT molecular complexity index is 339. The van der Waals surface area contributed by atoms with Crippen LogP contribution in [0.25, 0.3) is 0 Å². The lowest BCUT2D eigenvalue weighted by molar-refractivity contribution is 0.159. The quantitative estimate of drug-likeness (QED) is 0.209. The Morgan fingerprint density at radius 1 is 0.556 bits per heavy atom. The van der Waals surface area contributed by atoms with Crippen LogP contribution in [-0.4, -0.2) is 29.6 Å². The van der Waals surface area contributed by atoms with Crippen molar-refractivity contribution in [2.75, 3.05) is 13.6 Å². The van der Waals surface area contributed by atoms with Crippen molar-refractivity contribution >= 4 is 0 Å². The molecule has 160 valence electrons. The molecule has 0 aromatic rings. The molecule has 2 nitrogen and oxygen atoms in total. The van der Waals surface area contributed by atoms with E-state index in [4.69, 9.17) is 0 Å². The van der Waals surface area contributed by atoms with Crippen molar-refractivity contribution < 1.29 is 0 Å². The van der Waals surface area contributed by atoms with Crippen molar-refractivity contribution in [2.45, 2.75) is 136 Å². The highest BCUT2D eigenvalue weighted by atomic mass is 15.4.